The van der Waals surface area contributed by atoms with E-state index < -0.39 is 6.09 Å². The number of nitrogen functional groups attached to an aromatic ring is 1. The Morgan fingerprint density at radius 2 is 2.32 bits per heavy atom. The number of carbonyl (C=O) groups is 1. The zero-order chi connectivity index (χ0) is 15.4. The fourth-order valence-electron chi connectivity index (χ4n) is 3.63. The number of ether oxygens (including phenoxy) is 1. The lowest BCUT2D eigenvalue weighted by molar-refractivity contribution is 0.0978. The van der Waals surface area contributed by atoms with Crippen molar-refractivity contribution in [1.29, 1.82) is 0 Å². The maximum Gasteiger partial charge on any atom is 0.408 e. The Hall–Kier alpha value is -1.80. The van der Waals surface area contributed by atoms with E-state index in [9.17, 15) is 9.90 Å². The van der Waals surface area contributed by atoms with Crippen LogP contribution in [0.25, 0.3) is 5.52 Å². The molecule has 116 valence electrons. The van der Waals surface area contributed by atoms with E-state index in [1.165, 1.54) is 4.90 Å². The number of fused-ring (bicyclic) bond motifs is 2. The Bertz CT molecular complexity index is 762. The first-order valence-corrected chi connectivity index (χ1v) is 7.88. The lowest BCUT2D eigenvalue weighted by Crippen LogP contribution is -2.39. The number of aromatic nitrogens is 2. The van der Waals surface area contributed by atoms with Crippen molar-refractivity contribution in [3.63, 3.8) is 0 Å². The number of amides is 1. The van der Waals surface area contributed by atoms with Crippen molar-refractivity contribution >= 4 is 33.2 Å². The molecule has 2 aromatic rings. The molecule has 3 unspecified atom stereocenters. The van der Waals surface area contributed by atoms with E-state index >= 15 is 0 Å². The summed E-state index contributed by atoms with van der Waals surface area (Å²) < 4.78 is 7.94. The molecule has 2 aliphatic rings. The number of hydrogen-bond acceptors (Lipinski definition) is 4. The normalized spacial score (nSPS) is 27.5. The summed E-state index contributed by atoms with van der Waals surface area (Å²) in [6.07, 6.45) is 1.65. The highest BCUT2D eigenvalue weighted by Crippen LogP contribution is 2.43. The molecule has 2 fully saturated rings. The van der Waals surface area contributed by atoms with Crippen LogP contribution in [0.5, 0.6) is 0 Å². The first-order chi connectivity index (χ1) is 10.6. The summed E-state index contributed by atoms with van der Waals surface area (Å²) in [5.74, 6) is 0.930. The van der Waals surface area contributed by atoms with Crippen molar-refractivity contribution in [2.24, 2.45) is 5.92 Å². The quantitative estimate of drug-likeness (QED) is 0.806. The Labute approximate surface area is 134 Å². The topological polar surface area (TPSA) is 93.1 Å². The minimum atomic E-state index is -0.931. The van der Waals surface area contributed by atoms with Gasteiger partial charge < -0.3 is 15.6 Å². The predicted octanol–water partition coefficient (Wildman–Crippen LogP) is 2.12. The molecule has 22 heavy (non-hydrogen) atoms. The molecule has 1 amide bonds. The van der Waals surface area contributed by atoms with E-state index in [0.717, 1.165) is 11.9 Å². The zero-order valence-corrected chi connectivity index (χ0v) is 13.2. The molecule has 2 saturated heterocycles. The molecule has 3 atom stereocenters. The van der Waals surface area contributed by atoms with Crippen LogP contribution in [0.4, 0.5) is 10.5 Å². The van der Waals surface area contributed by atoms with E-state index in [4.69, 9.17) is 10.5 Å². The van der Waals surface area contributed by atoms with Gasteiger partial charge in [0.05, 0.1) is 31.0 Å². The Balaban J connectivity index is 1.85. The molecule has 4 heterocycles. The SMILES string of the molecule is Nc1cccn2c(C3CC4COCC4N3C(=O)O)nc(Br)c12. The van der Waals surface area contributed by atoms with Gasteiger partial charge in [-0.05, 0) is 34.5 Å². The molecule has 0 radical (unpaired) electrons. The number of nitrogens with zero attached hydrogens (tertiary/aromatic N) is 3. The Morgan fingerprint density at radius 3 is 3.09 bits per heavy atom. The third-order valence-corrected chi connectivity index (χ3v) is 5.14. The second kappa shape index (κ2) is 4.85. The predicted molar refractivity (Wildman–Crippen MR) is 82.6 cm³/mol. The van der Waals surface area contributed by atoms with Crippen LogP contribution in [0.2, 0.25) is 0 Å². The minimum Gasteiger partial charge on any atom is -0.465 e. The summed E-state index contributed by atoms with van der Waals surface area (Å²) in [6, 6.07) is 3.27. The third-order valence-electron chi connectivity index (χ3n) is 4.58. The van der Waals surface area contributed by atoms with Crippen molar-refractivity contribution in [3.8, 4) is 0 Å². The number of nitrogens with two attached hydrogens (primary N) is 1. The number of likely N-dealkylation sites (tertiary alicyclic amines) is 1. The van der Waals surface area contributed by atoms with Crippen LogP contribution >= 0.6 is 15.9 Å². The highest BCUT2D eigenvalue weighted by atomic mass is 79.9. The molecule has 2 aromatic heterocycles. The van der Waals surface area contributed by atoms with Gasteiger partial charge in [-0.25, -0.2) is 9.78 Å². The molecule has 3 N–H and O–H groups in total. The van der Waals surface area contributed by atoms with Crippen LogP contribution in [0.3, 0.4) is 0 Å². The van der Waals surface area contributed by atoms with Crippen molar-refractivity contribution < 1.29 is 14.6 Å². The van der Waals surface area contributed by atoms with E-state index in [1.807, 2.05) is 16.7 Å². The van der Waals surface area contributed by atoms with Crippen molar-refractivity contribution in [2.75, 3.05) is 18.9 Å². The lowest BCUT2D eigenvalue weighted by Gasteiger charge is -2.25. The summed E-state index contributed by atoms with van der Waals surface area (Å²) in [5.41, 5.74) is 7.40. The van der Waals surface area contributed by atoms with Gasteiger partial charge in [0.25, 0.3) is 0 Å². The first kappa shape index (κ1) is 13.8. The van der Waals surface area contributed by atoms with Gasteiger partial charge in [0.1, 0.15) is 15.9 Å². The van der Waals surface area contributed by atoms with Crippen LogP contribution < -0.4 is 5.73 Å². The molecule has 0 aliphatic carbocycles. The molecular formula is C14H15BrN4O3. The summed E-state index contributed by atoms with van der Waals surface area (Å²) in [6.45, 7) is 1.07. The Morgan fingerprint density at radius 1 is 1.50 bits per heavy atom. The number of rotatable bonds is 1. The molecule has 0 spiro atoms. The molecule has 0 aromatic carbocycles. The van der Waals surface area contributed by atoms with Crippen LogP contribution in [0.1, 0.15) is 18.3 Å². The second-order valence-electron chi connectivity index (χ2n) is 5.75. The van der Waals surface area contributed by atoms with E-state index in [-0.39, 0.29) is 18.0 Å². The highest BCUT2D eigenvalue weighted by molar-refractivity contribution is 9.10. The number of hydrogen-bond donors (Lipinski definition) is 2. The largest absolute Gasteiger partial charge is 0.465 e. The van der Waals surface area contributed by atoms with Crippen molar-refractivity contribution in [2.45, 2.75) is 18.5 Å². The van der Waals surface area contributed by atoms with Crippen LogP contribution in [-0.4, -0.2) is 44.7 Å². The fraction of sp³-hybridized carbons (Fsp3) is 0.429. The van der Waals surface area contributed by atoms with Crippen LogP contribution in [0.15, 0.2) is 22.9 Å². The van der Waals surface area contributed by atoms with E-state index in [1.54, 1.807) is 6.07 Å². The number of imidazole rings is 1. The van der Waals surface area contributed by atoms with E-state index in [2.05, 4.69) is 20.9 Å². The van der Waals surface area contributed by atoms with Gasteiger partial charge in [-0.2, -0.15) is 0 Å². The van der Waals surface area contributed by atoms with Gasteiger partial charge in [-0.1, -0.05) is 0 Å². The molecular weight excluding hydrogens is 352 g/mol. The molecule has 7 nitrogen and oxygen atoms in total. The number of pyridine rings is 1. The molecule has 4 rings (SSSR count). The summed E-state index contributed by atoms with van der Waals surface area (Å²) in [7, 11) is 0. The van der Waals surface area contributed by atoms with Gasteiger partial charge in [-0.15, -0.1) is 0 Å². The summed E-state index contributed by atoms with van der Waals surface area (Å²) >= 11 is 3.43. The molecule has 0 bridgehead atoms. The Kier molecular flexibility index (Phi) is 3.05. The van der Waals surface area contributed by atoms with Gasteiger partial charge in [0.15, 0.2) is 0 Å². The molecule has 2 aliphatic heterocycles. The van der Waals surface area contributed by atoms with E-state index in [0.29, 0.717) is 29.3 Å². The van der Waals surface area contributed by atoms with Gasteiger partial charge in [-0.3, -0.25) is 9.30 Å². The third kappa shape index (κ3) is 1.83. The number of anilines is 1. The van der Waals surface area contributed by atoms with Gasteiger partial charge in [0, 0.05) is 12.1 Å². The van der Waals surface area contributed by atoms with Crippen molar-refractivity contribution in [3.05, 3.63) is 28.8 Å². The maximum absolute atomic E-state index is 11.7. The fourth-order valence-corrected chi connectivity index (χ4v) is 4.24. The molecule has 0 saturated carbocycles. The zero-order valence-electron chi connectivity index (χ0n) is 11.6. The monoisotopic (exact) mass is 366 g/mol. The molecule has 8 heteroatoms. The van der Waals surface area contributed by atoms with Gasteiger partial charge in [0.2, 0.25) is 0 Å². The number of carboxylic acid groups (broad SMARTS) is 1. The standard InChI is InChI=1S/C14H15BrN4O3/c15-12-11-8(16)2-1-3-18(11)13(17-12)9-4-7-5-22-6-10(7)19(9)14(20)21/h1-3,7,9-10H,4-6,16H2,(H,20,21). The van der Waals surface area contributed by atoms with Crippen LogP contribution in [0, 0.1) is 5.92 Å². The van der Waals surface area contributed by atoms with Crippen LogP contribution in [-0.2, 0) is 4.74 Å². The maximum atomic E-state index is 11.7. The minimum absolute atomic E-state index is 0.0883. The van der Waals surface area contributed by atoms with Gasteiger partial charge >= 0.3 is 6.09 Å². The smallest absolute Gasteiger partial charge is 0.408 e. The summed E-state index contributed by atoms with van der Waals surface area (Å²) in [5, 5.41) is 9.62. The summed E-state index contributed by atoms with van der Waals surface area (Å²) in [4.78, 5) is 17.8. The first-order valence-electron chi connectivity index (χ1n) is 7.09. The lowest BCUT2D eigenvalue weighted by atomic mass is 10.0. The number of halogens is 1. The highest BCUT2D eigenvalue weighted by Gasteiger charge is 2.49. The average molecular weight is 367 g/mol. The second-order valence-corrected chi connectivity index (χ2v) is 6.50. The van der Waals surface area contributed by atoms with Crippen molar-refractivity contribution in [1.82, 2.24) is 14.3 Å². The average Bonchev–Trinajstić information content (AvgIpc) is 3.10.